The van der Waals surface area contributed by atoms with E-state index in [1.54, 1.807) is 80.8 Å². The monoisotopic (exact) mass is 535 g/mol. The van der Waals surface area contributed by atoms with Crippen LogP contribution in [0.15, 0.2) is 97.1 Å². The second-order valence-corrected chi connectivity index (χ2v) is 8.99. The fourth-order valence-electron chi connectivity index (χ4n) is 4.40. The standard InChI is InChI=1S/C32H25NO7/c1-3-26(29(34)20-9-5-4-6-10-20)40-32(37)21-13-18-24-25(19-21)31(36)33(30(24)35)22-14-16-23(17-15-22)39-28-12-8-7-11-27(28)38-2/h4-19,26H,3H2,1-2H3. The first-order valence-corrected chi connectivity index (χ1v) is 12.6. The molecule has 8 nitrogen and oxygen atoms in total. The zero-order valence-corrected chi connectivity index (χ0v) is 21.8. The number of esters is 1. The maximum Gasteiger partial charge on any atom is 0.338 e. The molecule has 8 heteroatoms. The van der Waals surface area contributed by atoms with Crippen molar-refractivity contribution in [3.8, 4) is 17.2 Å². The maximum atomic E-state index is 13.3. The van der Waals surface area contributed by atoms with Gasteiger partial charge in [-0.25, -0.2) is 9.69 Å². The molecule has 4 aromatic carbocycles. The molecule has 2 amide bonds. The first kappa shape index (κ1) is 26.4. The van der Waals surface area contributed by atoms with Crippen LogP contribution in [-0.2, 0) is 4.74 Å². The Bertz CT molecular complexity index is 1600. The Balaban J connectivity index is 1.32. The predicted octanol–water partition coefficient (Wildman–Crippen LogP) is 6.11. The molecule has 0 saturated carbocycles. The highest BCUT2D eigenvalue weighted by atomic mass is 16.5. The van der Waals surface area contributed by atoms with Gasteiger partial charge < -0.3 is 14.2 Å². The number of hydrogen-bond acceptors (Lipinski definition) is 7. The molecule has 40 heavy (non-hydrogen) atoms. The van der Waals surface area contributed by atoms with E-state index < -0.39 is 23.9 Å². The summed E-state index contributed by atoms with van der Waals surface area (Å²) < 4.78 is 16.7. The minimum absolute atomic E-state index is 0.0709. The summed E-state index contributed by atoms with van der Waals surface area (Å²) in [4.78, 5) is 53.1. The summed E-state index contributed by atoms with van der Waals surface area (Å²) in [6.07, 6.45) is -0.694. The fourth-order valence-corrected chi connectivity index (χ4v) is 4.40. The van der Waals surface area contributed by atoms with Crippen LogP contribution < -0.4 is 14.4 Å². The van der Waals surface area contributed by atoms with Gasteiger partial charge in [0.05, 0.1) is 29.5 Å². The largest absolute Gasteiger partial charge is 0.493 e. The fraction of sp³-hybridized carbons (Fsp3) is 0.125. The van der Waals surface area contributed by atoms with Gasteiger partial charge in [-0.3, -0.25) is 14.4 Å². The van der Waals surface area contributed by atoms with E-state index in [1.165, 1.54) is 18.2 Å². The molecule has 1 atom stereocenters. The Morgan fingerprint density at radius 3 is 2.08 bits per heavy atom. The highest BCUT2D eigenvalue weighted by Gasteiger charge is 2.37. The van der Waals surface area contributed by atoms with Gasteiger partial charge in [0.2, 0.25) is 5.78 Å². The summed E-state index contributed by atoms with van der Waals surface area (Å²) >= 11 is 0. The van der Waals surface area contributed by atoms with E-state index >= 15 is 0 Å². The number of para-hydroxylation sites is 2. The number of hydrogen-bond donors (Lipinski definition) is 0. The molecular weight excluding hydrogens is 510 g/mol. The van der Waals surface area contributed by atoms with Crippen LogP contribution in [0.25, 0.3) is 0 Å². The topological polar surface area (TPSA) is 99.2 Å². The second-order valence-electron chi connectivity index (χ2n) is 8.99. The number of anilines is 1. The molecule has 0 spiro atoms. The van der Waals surface area contributed by atoms with Crippen molar-refractivity contribution in [3.63, 3.8) is 0 Å². The molecule has 0 radical (unpaired) electrons. The molecule has 0 aliphatic carbocycles. The van der Waals surface area contributed by atoms with Crippen LogP contribution >= 0.6 is 0 Å². The van der Waals surface area contributed by atoms with Crippen molar-refractivity contribution in [3.05, 3.63) is 119 Å². The Labute approximate surface area is 230 Å². The Kier molecular flexibility index (Phi) is 7.41. The molecule has 1 heterocycles. The average molecular weight is 536 g/mol. The Morgan fingerprint density at radius 2 is 1.40 bits per heavy atom. The van der Waals surface area contributed by atoms with Gasteiger partial charge in [0, 0.05) is 5.56 Å². The van der Waals surface area contributed by atoms with Crippen LogP contribution in [0, 0.1) is 0 Å². The van der Waals surface area contributed by atoms with Crippen molar-refractivity contribution in [1.82, 2.24) is 0 Å². The number of carbonyl (C=O) groups excluding carboxylic acids is 4. The first-order chi connectivity index (χ1) is 19.4. The van der Waals surface area contributed by atoms with E-state index in [1.807, 2.05) is 12.1 Å². The number of ether oxygens (including phenoxy) is 3. The van der Waals surface area contributed by atoms with E-state index in [4.69, 9.17) is 14.2 Å². The number of rotatable bonds is 9. The van der Waals surface area contributed by atoms with Crippen LogP contribution in [0.1, 0.15) is 54.8 Å². The van der Waals surface area contributed by atoms with Crippen LogP contribution in [0.5, 0.6) is 17.2 Å². The summed E-state index contributed by atoms with van der Waals surface area (Å²) in [6, 6.07) is 26.4. The number of imide groups is 1. The molecule has 4 aromatic rings. The zero-order valence-electron chi connectivity index (χ0n) is 21.8. The van der Waals surface area contributed by atoms with Gasteiger partial charge in [0.15, 0.2) is 17.6 Å². The van der Waals surface area contributed by atoms with Gasteiger partial charge in [-0.05, 0) is 61.0 Å². The number of nitrogens with zero attached hydrogens (tertiary/aromatic N) is 1. The smallest absolute Gasteiger partial charge is 0.338 e. The van der Waals surface area contributed by atoms with Crippen LogP contribution in [0.4, 0.5) is 5.69 Å². The molecule has 1 aliphatic rings. The molecule has 0 saturated heterocycles. The van der Waals surface area contributed by atoms with Crippen molar-refractivity contribution in [2.75, 3.05) is 12.0 Å². The number of ketones is 1. The van der Waals surface area contributed by atoms with E-state index in [2.05, 4.69) is 0 Å². The molecule has 1 aliphatic heterocycles. The van der Waals surface area contributed by atoms with E-state index in [0.717, 1.165) is 4.90 Å². The lowest BCUT2D eigenvalue weighted by Gasteiger charge is -2.15. The Hall–Kier alpha value is -5.24. The minimum atomic E-state index is -0.978. The van der Waals surface area contributed by atoms with Gasteiger partial charge in [-0.2, -0.15) is 0 Å². The van der Waals surface area contributed by atoms with Crippen LogP contribution in [0.3, 0.4) is 0 Å². The molecule has 200 valence electrons. The number of fused-ring (bicyclic) bond motifs is 1. The third kappa shape index (κ3) is 5.07. The zero-order chi connectivity index (χ0) is 28.2. The van der Waals surface area contributed by atoms with Gasteiger partial charge in [-0.1, -0.05) is 49.4 Å². The summed E-state index contributed by atoms with van der Waals surface area (Å²) in [5.41, 5.74) is 1.11. The third-order valence-corrected chi connectivity index (χ3v) is 6.48. The second kappa shape index (κ2) is 11.2. The molecular formula is C32H25NO7. The summed E-state index contributed by atoms with van der Waals surface area (Å²) in [5.74, 6) is -0.567. The first-order valence-electron chi connectivity index (χ1n) is 12.6. The predicted molar refractivity (Wildman–Crippen MR) is 147 cm³/mol. The molecule has 0 fully saturated rings. The van der Waals surface area contributed by atoms with Gasteiger partial charge >= 0.3 is 5.97 Å². The third-order valence-electron chi connectivity index (χ3n) is 6.48. The van der Waals surface area contributed by atoms with Crippen molar-refractivity contribution >= 4 is 29.3 Å². The van der Waals surface area contributed by atoms with E-state index in [0.29, 0.717) is 28.5 Å². The van der Waals surface area contributed by atoms with E-state index in [-0.39, 0.29) is 28.9 Å². The summed E-state index contributed by atoms with van der Waals surface area (Å²) in [7, 11) is 1.55. The average Bonchev–Trinajstić information content (AvgIpc) is 3.25. The highest BCUT2D eigenvalue weighted by Crippen LogP contribution is 2.34. The lowest BCUT2D eigenvalue weighted by atomic mass is 10.0. The molecule has 0 aromatic heterocycles. The quantitative estimate of drug-likeness (QED) is 0.145. The number of carbonyl (C=O) groups is 4. The lowest BCUT2D eigenvalue weighted by molar-refractivity contribution is 0.0277. The molecule has 0 N–H and O–H groups in total. The maximum absolute atomic E-state index is 13.3. The van der Waals surface area contributed by atoms with E-state index in [9.17, 15) is 19.2 Å². The number of amides is 2. The van der Waals surface area contributed by atoms with Crippen molar-refractivity contribution in [2.24, 2.45) is 0 Å². The number of Topliss-reactive ketones (excluding diaryl/α,β-unsaturated/α-hetero) is 1. The number of benzene rings is 4. The van der Waals surface area contributed by atoms with Gasteiger partial charge in [-0.15, -0.1) is 0 Å². The van der Waals surface area contributed by atoms with Crippen molar-refractivity contribution in [2.45, 2.75) is 19.4 Å². The molecule has 5 rings (SSSR count). The van der Waals surface area contributed by atoms with Crippen molar-refractivity contribution < 1.29 is 33.4 Å². The highest BCUT2D eigenvalue weighted by molar-refractivity contribution is 6.34. The Morgan fingerprint density at radius 1 is 0.750 bits per heavy atom. The minimum Gasteiger partial charge on any atom is -0.493 e. The van der Waals surface area contributed by atoms with Crippen LogP contribution in [-0.4, -0.2) is 36.8 Å². The van der Waals surface area contributed by atoms with Gasteiger partial charge in [0.1, 0.15) is 5.75 Å². The normalized spacial score (nSPS) is 13.0. The number of methoxy groups -OCH3 is 1. The summed E-state index contributed by atoms with van der Waals surface area (Å²) in [5, 5.41) is 0. The van der Waals surface area contributed by atoms with Crippen LogP contribution in [0.2, 0.25) is 0 Å². The van der Waals surface area contributed by atoms with Gasteiger partial charge in [0.25, 0.3) is 11.8 Å². The lowest BCUT2D eigenvalue weighted by Crippen LogP contribution is -2.29. The molecule has 0 bridgehead atoms. The summed E-state index contributed by atoms with van der Waals surface area (Å²) in [6.45, 7) is 1.74. The SMILES string of the molecule is CCC(OC(=O)c1ccc2c(c1)C(=O)N(c1ccc(Oc3ccccc3OC)cc1)C2=O)C(=O)c1ccccc1. The molecule has 1 unspecified atom stereocenters. The van der Waals surface area contributed by atoms with Crippen molar-refractivity contribution in [1.29, 1.82) is 0 Å².